The van der Waals surface area contributed by atoms with E-state index in [0.717, 1.165) is 5.56 Å². The van der Waals surface area contributed by atoms with E-state index in [0.29, 0.717) is 30.1 Å². The van der Waals surface area contributed by atoms with Crippen LogP contribution in [0.4, 0.5) is 5.69 Å². The fraction of sp³-hybridized carbons (Fsp3) is 0.235. The van der Waals surface area contributed by atoms with Gasteiger partial charge in [0.25, 0.3) is 5.91 Å². The summed E-state index contributed by atoms with van der Waals surface area (Å²) in [5, 5.41) is 5.54. The second kappa shape index (κ2) is 7.93. The van der Waals surface area contributed by atoms with Crippen LogP contribution in [0, 0.1) is 0 Å². The number of ether oxygens (including phenoxy) is 1. The Kier molecular flexibility index (Phi) is 5.68. The Bertz CT molecular complexity index is 687. The first kappa shape index (κ1) is 16.5. The van der Waals surface area contributed by atoms with Gasteiger partial charge in [0.15, 0.2) is 0 Å². The van der Waals surface area contributed by atoms with E-state index in [1.165, 1.54) is 6.92 Å². The summed E-state index contributed by atoms with van der Waals surface area (Å²) in [5.41, 5.74) is 1.99. The number of pyridine rings is 1. The third-order valence-electron chi connectivity index (χ3n) is 3.17. The number of amides is 2. The van der Waals surface area contributed by atoms with Gasteiger partial charge in [-0.25, -0.2) is 0 Å². The molecule has 0 saturated heterocycles. The van der Waals surface area contributed by atoms with Crippen molar-refractivity contribution >= 4 is 17.5 Å². The highest BCUT2D eigenvalue weighted by atomic mass is 16.5. The maximum Gasteiger partial charge on any atom is 0.269 e. The third kappa shape index (κ3) is 4.81. The smallest absolute Gasteiger partial charge is 0.269 e. The number of anilines is 1. The standard InChI is InChI=1S/C17H19N3O3/c1-12(21)20-15-11-13(6-7-16(15)23-2)8-10-19-17(22)14-5-3-4-9-18-14/h3-7,9,11H,8,10H2,1-2H3,(H,19,22)(H,20,21). The maximum atomic E-state index is 11.9. The number of hydrogen-bond acceptors (Lipinski definition) is 4. The van der Waals surface area contributed by atoms with E-state index in [1.54, 1.807) is 37.6 Å². The Hall–Kier alpha value is -2.89. The minimum Gasteiger partial charge on any atom is -0.495 e. The van der Waals surface area contributed by atoms with E-state index in [-0.39, 0.29) is 11.8 Å². The molecular formula is C17H19N3O3. The van der Waals surface area contributed by atoms with Gasteiger partial charge in [-0.05, 0) is 36.2 Å². The SMILES string of the molecule is COc1ccc(CCNC(=O)c2ccccn2)cc1NC(C)=O. The number of nitrogens with zero attached hydrogens (tertiary/aromatic N) is 1. The molecule has 2 N–H and O–H groups in total. The number of nitrogens with one attached hydrogen (secondary N) is 2. The van der Waals surface area contributed by atoms with Crippen molar-refractivity contribution < 1.29 is 14.3 Å². The molecule has 0 saturated carbocycles. The molecule has 6 nitrogen and oxygen atoms in total. The minimum atomic E-state index is -0.207. The van der Waals surface area contributed by atoms with E-state index in [1.807, 2.05) is 12.1 Å². The highest BCUT2D eigenvalue weighted by Gasteiger charge is 2.08. The molecule has 0 unspecified atom stereocenters. The Morgan fingerprint density at radius 3 is 2.70 bits per heavy atom. The van der Waals surface area contributed by atoms with Crippen LogP contribution < -0.4 is 15.4 Å². The summed E-state index contributed by atoms with van der Waals surface area (Å²) in [6, 6.07) is 10.7. The van der Waals surface area contributed by atoms with Crippen LogP contribution in [0.3, 0.4) is 0 Å². The zero-order valence-electron chi connectivity index (χ0n) is 13.1. The lowest BCUT2D eigenvalue weighted by molar-refractivity contribution is -0.114. The van der Waals surface area contributed by atoms with Crippen LogP contribution in [0.1, 0.15) is 23.0 Å². The van der Waals surface area contributed by atoms with Gasteiger partial charge >= 0.3 is 0 Å². The summed E-state index contributed by atoms with van der Waals surface area (Å²) in [6.07, 6.45) is 2.22. The zero-order valence-corrected chi connectivity index (χ0v) is 13.1. The van der Waals surface area contributed by atoms with Gasteiger partial charge in [-0.2, -0.15) is 0 Å². The first-order valence-electron chi connectivity index (χ1n) is 7.24. The van der Waals surface area contributed by atoms with Gasteiger partial charge in [-0.15, -0.1) is 0 Å². The average Bonchev–Trinajstić information content (AvgIpc) is 2.55. The fourth-order valence-corrected chi connectivity index (χ4v) is 2.11. The number of methoxy groups -OCH3 is 1. The molecule has 120 valence electrons. The fourth-order valence-electron chi connectivity index (χ4n) is 2.11. The molecule has 6 heteroatoms. The first-order chi connectivity index (χ1) is 11.1. The van der Waals surface area contributed by atoms with Crippen molar-refractivity contribution in [1.82, 2.24) is 10.3 Å². The molecule has 1 aromatic heterocycles. The molecule has 0 bridgehead atoms. The predicted molar refractivity (Wildman–Crippen MR) is 87.6 cm³/mol. The Labute approximate surface area is 134 Å². The van der Waals surface area contributed by atoms with Crippen LogP contribution in [-0.4, -0.2) is 30.5 Å². The van der Waals surface area contributed by atoms with Gasteiger partial charge in [0.2, 0.25) is 5.91 Å². The van der Waals surface area contributed by atoms with Crippen molar-refractivity contribution in [1.29, 1.82) is 0 Å². The van der Waals surface area contributed by atoms with E-state index in [4.69, 9.17) is 4.74 Å². The molecule has 1 heterocycles. The molecule has 1 aromatic carbocycles. The molecule has 0 aliphatic carbocycles. The summed E-state index contributed by atoms with van der Waals surface area (Å²) in [7, 11) is 1.55. The van der Waals surface area contributed by atoms with E-state index in [9.17, 15) is 9.59 Å². The highest BCUT2D eigenvalue weighted by molar-refractivity contribution is 5.92. The first-order valence-corrected chi connectivity index (χ1v) is 7.24. The van der Waals surface area contributed by atoms with Crippen molar-refractivity contribution in [3.8, 4) is 5.75 Å². The van der Waals surface area contributed by atoms with Gasteiger partial charge in [-0.1, -0.05) is 12.1 Å². The highest BCUT2D eigenvalue weighted by Crippen LogP contribution is 2.25. The van der Waals surface area contributed by atoms with Crippen LogP contribution in [-0.2, 0) is 11.2 Å². The van der Waals surface area contributed by atoms with Gasteiger partial charge in [-0.3, -0.25) is 14.6 Å². The molecule has 0 atom stereocenters. The monoisotopic (exact) mass is 313 g/mol. The number of rotatable bonds is 6. The van der Waals surface area contributed by atoms with Gasteiger partial charge in [0.05, 0.1) is 12.8 Å². The van der Waals surface area contributed by atoms with Crippen LogP contribution in [0.15, 0.2) is 42.6 Å². The molecule has 2 aromatic rings. The molecule has 2 amide bonds. The second-order valence-corrected chi connectivity index (χ2v) is 4.94. The largest absolute Gasteiger partial charge is 0.495 e. The number of carbonyl (C=O) groups excluding carboxylic acids is 2. The lowest BCUT2D eigenvalue weighted by Crippen LogP contribution is -2.26. The normalized spacial score (nSPS) is 10.0. The van der Waals surface area contributed by atoms with Crippen LogP contribution >= 0.6 is 0 Å². The number of carbonyl (C=O) groups is 2. The van der Waals surface area contributed by atoms with Gasteiger partial charge in [0.1, 0.15) is 11.4 Å². The number of aromatic nitrogens is 1. The third-order valence-corrected chi connectivity index (χ3v) is 3.17. The Balaban J connectivity index is 1.95. The summed E-state index contributed by atoms with van der Waals surface area (Å²) < 4.78 is 5.21. The summed E-state index contributed by atoms with van der Waals surface area (Å²) in [5.74, 6) is 0.228. The van der Waals surface area contributed by atoms with Crippen molar-refractivity contribution in [2.24, 2.45) is 0 Å². The van der Waals surface area contributed by atoms with Gasteiger partial charge in [0, 0.05) is 19.7 Å². The molecule has 0 radical (unpaired) electrons. The summed E-state index contributed by atoms with van der Waals surface area (Å²) in [6.45, 7) is 1.92. The van der Waals surface area contributed by atoms with Crippen molar-refractivity contribution in [3.63, 3.8) is 0 Å². The maximum absolute atomic E-state index is 11.9. The molecule has 2 rings (SSSR count). The quantitative estimate of drug-likeness (QED) is 0.855. The molecule has 0 spiro atoms. The number of benzene rings is 1. The van der Waals surface area contributed by atoms with E-state index < -0.39 is 0 Å². The Morgan fingerprint density at radius 2 is 2.04 bits per heavy atom. The van der Waals surface area contributed by atoms with Crippen LogP contribution in [0.5, 0.6) is 5.75 Å². The van der Waals surface area contributed by atoms with E-state index in [2.05, 4.69) is 15.6 Å². The lowest BCUT2D eigenvalue weighted by Gasteiger charge is -2.11. The van der Waals surface area contributed by atoms with Crippen molar-refractivity contribution in [2.75, 3.05) is 19.0 Å². The average molecular weight is 313 g/mol. The van der Waals surface area contributed by atoms with Gasteiger partial charge < -0.3 is 15.4 Å². The summed E-state index contributed by atoms with van der Waals surface area (Å²) in [4.78, 5) is 27.1. The van der Waals surface area contributed by atoms with Crippen molar-refractivity contribution in [2.45, 2.75) is 13.3 Å². The topological polar surface area (TPSA) is 80.3 Å². The zero-order chi connectivity index (χ0) is 16.7. The molecule has 23 heavy (non-hydrogen) atoms. The van der Waals surface area contributed by atoms with E-state index >= 15 is 0 Å². The Morgan fingerprint density at radius 1 is 1.22 bits per heavy atom. The van der Waals surface area contributed by atoms with Crippen LogP contribution in [0.25, 0.3) is 0 Å². The molecule has 0 aliphatic rings. The summed E-state index contributed by atoms with van der Waals surface area (Å²) >= 11 is 0. The second-order valence-electron chi connectivity index (χ2n) is 4.94. The minimum absolute atomic E-state index is 0.163. The molecule has 0 fully saturated rings. The molecular weight excluding hydrogens is 294 g/mol. The van der Waals surface area contributed by atoms with Crippen molar-refractivity contribution in [3.05, 3.63) is 53.9 Å². The molecule has 0 aliphatic heterocycles. The predicted octanol–water partition coefficient (Wildman–Crippen LogP) is 2.02. The number of hydrogen-bond donors (Lipinski definition) is 2. The lowest BCUT2D eigenvalue weighted by atomic mass is 10.1. The van der Waals surface area contributed by atoms with Crippen LogP contribution in [0.2, 0.25) is 0 Å².